The van der Waals surface area contributed by atoms with Crippen molar-refractivity contribution >= 4 is 51.5 Å². The van der Waals surface area contributed by atoms with Crippen LogP contribution in [0, 0.1) is 13.8 Å². The van der Waals surface area contributed by atoms with Crippen molar-refractivity contribution in [1.82, 2.24) is 9.88 Å². The van der Waals surface area contributed by atoms with E-state index in [0.717, 1.165) is 17.0 Å². The Labute approximate surface area is 167 Å². The Morgan fingerprint density at radius 2 is 1.96 bits per heavy atom. The molecule has 26 heavy (non-hydrogen) atoms. The number of carbonyl (C=O) groups excluding carboxylic acids is 2. The van der Waals surface area contributed by atoms with Gasteiger partial charge in [-0.1, -0.05) is 30.1 Å². The van der Waals surface area contributed by atoms with Crippen LogP contribution in [0.1, 0.15) is 41.2 Å². The molecule has 2 amide bonds. The van der Waals surface area contributed by atoms with Crippen LogP contribution < -0.4 is 5.32 Å². The number of thiazole rings is 1. The zero-order chi connectivity index (χ0) is 19.4. The summed E-state index contributed by atoms with van der Waals surface area (Å²) in [6, 6.07) is 4.60. The summed E-state index contributed by atoms with van der Waals surface area (Å²) < 4.78 is 0. The van der Waals surface area contributed by atoms with Crippen LogP contribution in [0.5, 0.6) is 0 Å². The van der Waals surface area contributed by atoms with Gasteiger partial charge in [0, 0.05) is 16.5 Å². The first kappa shape index (κ1) is 20.7. The minimum atomic E-state index is -0.285. The van der Waals surface area contributed by atoms with Crippen LogP contribution >= 0.6 is 34.5 Å². The summed E-state index contributed by atoms with van der Waals surface area (Å²) in [5.74, 6) is -0.549. The number of aromatic nitrogens is 1. The van der Waals surface area contributed by atoms with Crippen molar-refractivity contribution < 1.29 is 9.59 Å². The Balaban J connectivity index is 2.16. The van der Waals surface area contributed by atoms with Crippen molar-refractivity contribution in [3.63, 3.8) is 0 Å². The van der Waals surface area contributed by atoms with Gasteiger partial charge in [0.15, 0.2) is 5.13 Å². The number of halogens is 2. The minimum absolute atomic E-state index is 0.0637. The number of benzene rings is 1. The molecule has 0 spiro atoms. The number of hydrogen-bond donors (Lipinski definition) is 1. The third-order valence-corrected chi connectivity index (χ3v) is 5.87. The van der Waals surface area contributed by atoms with Gasteiger partial charge in [-0.25, -0.2) is 4.98 Å². The van der Waals surface area contributed by atoms with Crippen LogP contribution in [0.4, 0.5) is 5.13 Å². The number of aryl methyl sites for hydroxylation is 2. The standard InChI is InChI=1S/C18H21Cl2N3O2S/c1-5-10(2)23(17(25)13-6-7-14(19)15(20)8-13)9-16(24)22-18-21-11(3)12(4)26-18/h6-8,10H,5,9H2,1-4H3,(H,21,22,24)/t10-/m1/s1. The Kier molecular flexibility index (Phi) is 7.03. The number of nitrogens with zero attached hydrogens (tertiary/aromatic N) is 2. The summed E-state index contributed by atoms with van der Waals surface area (Å²) >= 11 is 13.3. The smallest absolute Gasteiger partial charge is 0.254 e. The van der Waals surface area contributed by atoms with E-state index in [-0.39, 0.29) is 24.4 Å². The maximum atomic E-state index is 12.9. The Bertz CT molecular complexity index is 803. The van der Waals surface area contributed by atoms with Gasteiger partial charge in [-0.3, -0.25) is 9.59 Å². The number of nitrogens with one attached hydrogen (secondary N) is 1. The van der Waals surface area contributed by atoms with E-state index in [9.17, 15) is 9.59 Å². The number of anilines is 1. The first-order chi connectivity index (χ1) is 12.2. The van der Waals surface area contributed by atoms with Gasteiger partial charge >= 0.3 is 0 Å². The van der Waals surface area contributed by atoms with Gasteiger partial charge in [-0.05, 0) is 45.4 Å². The predicted molar refractivity (Wildman–Crippen MR) is 107 cm³/mol. The van der Waals surface area contributed by atoms with Gasteiger partial charge in [0.25, 0.3) is 5.91 Å². The largest absolute Gasteiger partial charge is 0.327 e. The third kappa shape index (κ3) is 4.96. The molecule has 0 aliphatic rings. The van der Waals surface area contributed by atoms with Crippen molar-refractivity contribution in [2.45, 2.75) is 40.2 Å². The van der Waals surface area contributed by atoms with Gasteiger partial charge in [0.2, 0.25) is 5.91 Å². The first-order valence-electron chi connectivity index (χ1n) is 8.22. The second-order valence-corrected chi connectivity index (χ2v) is 8.05. The Morgan fingerprint density at radius 3 is 2.50 bits per heavy atom. The number of amides is 2. The predicted octanol–water partition coefficient (Wildman–Crippen LogP) is 4.95. The molecule has 5 nitrogen and oxygen atoms in total. The summed E-state index contributed by atoms with van der Waals surface area (Å²) in [6.07, 6.45) is 0.718. The molecule has 2 rings (SSSR count). The van der Waals surface area contributed by atoms with E-state index in [2.05, 4.69) is 10.3 Å². The van der Waals surface area contributed by atoms with Crippen LogP contribution in [0.2, 0.25) is 10.0 Å². The number of carbonyl (C=O) groups is 2. The molecule has 0 fully saturated rings. The summed E-state index contributed by atoms with van der Waals surface area (Å²) in [5, 5.41) is 3.99. The van der Waals surface area contributed by atoms with Gasteiger partial charge < -0.3 is 10.2 Å². The fourth-order valence-corrected chi connectivity index (χ4v) is 3.41. The second kappa shape index (κ2) is 8.84. The highest BCUT2D eigenvalue weighted by molar-refractivity contribution is 7.15. The molecule has 0 aliphatic heterocycles. The molecular formula is C18H21Cl2N3O2S. The van der Waals surface area contributed by atoms with Crippen LogP contribution in [0.15, 0.2) is 18.2 Å². The lowest BCUT2D eigenvalue weighted by Gasteiger charge is -2.28. The summed E-state index contributed by atoms with van der Waals surface area (Å²) in [4.78, 5) is 32.2. The quantitative estimate of drug-likeness (QED) is 0.728. The molecule has 140 valence electrons. The highest BCUT2D eigenvalue weighted by atomic mass is 35.5. The Morgan fingerprint density at radius 1 is 1.27 bits per heavy atom. The van der Waals surface area contributed by atoms with E-state index < -0.39 is 0 Å². The third-order valence-electron chi connectivity index (χ3n) is 4.14. The van der Waals surface area contributed by atoms with E-state index in [4.69, 9.17) is 23.2 Å². The van der Waals surface area contributed by atoms with E-state index in [1.165, 1.54) is 22.3 Å². The molecule has 0 bridgehead atoms. The van der Waals surface area contributed by atoms with Crippen molar-refractivity contribution in [2.24, 2.45) is 0 Å². The van der Waals surface area contributed by atoms with E-state index >= 15 is 0 Å². The molecular weight excluding hydrogens is 393 g/mol. The molecule has 0 saturated heterocycles. The first-order valence-corrected chi connectivity index (χ1v) is 9.80. The molecule has 8 heteroatoms. The molecule has 1 aromatic carbocycles. The van der Waals surface area contributed by atoms with Crippen molar-refractivity contribution in [2.75, 3.05) is 11.9 Å². The van der Waals surface area contributed by atoms with Gasteiger partial charge in [0.05, 0.1) is 15.7 Å². The van der Waals surface area contributed by atoms with Crippen molar-refractivity contribution in [3.05, 3.63) is 44.4 Å². The van der Waals surface area contributed by atoms with Crippen molar-refractivity contribution in [1.29, 1.82) is 0 Å². The molecule has 1 aromatic heterocycles. The fourth-order valence-electron chi connectivity index (χ4n) is 2.28. The second-order valence-electron chi connectivity index (χ2n) is 6.03. The number of hydrogen-bond acceptors (Lipinski definition) is 4. The zero-order valence-corrected chi connectivity index (χ0v) is 17.4. The average Bonchev–Trinajstić information content (AvgIpc) is 2.91. The van der Waals surface area contributed by atoms with Crippen LogP contribution in [0.3, 0.4) is 0 Å². The van der Waals surface area contributed by atoms with Gasteiger partial charge in [-0.2, -0.15) is 0 Å². The summed E-state index contributed by atoms with van der Waals surface area (Å²) in [6.45, 7) is 7.64. The van der Waals surface area contributed by atoms with E-state index in [1.807, 2.05) is 27.7 Å². The highest BCUT2D eigenvalue weighted by Crippen LogP contribution is 2.24. The average molecular weight is 414 g/mol. The van der Waals surface area contributed by atoms with Crippen LogP contribution in [-0.4, -0.2) is 34.3 Å². The molecule has 1 heterocycles. The lowest BCUT2D eigenvalue weighted by atomic mass is 10.1. The fraction of sp³-hybridized carbons (Fsp3) is 0.389. The van der Waals surface area contributed by atoms with Crippen LogP contribution in [-0.2, 0) is 4.79 Å². The Hall–Kier alpha value is -1.63. The molecule has 0 saturated carbocycles. The molecule has 1 N–H and O–H groups in total. The summed E-state index contributed by atoms with van der Waals surface area (Å²) in [5.41, 5.74) is 1.28. The highest BCUT2D eigenvalue weighted by Gasteiger charge is 2.24. The lowest BCUT2D eigenvalue weighted by molar-refractivity contribution is -0.117. The monoisotopic (exact) mass is 413 g/mol. The maximum Gasteiger partial charge on any atom is 0.254 e. The topological polar surface area (TPSA) is 62.3 Å². The normalized spacial score (nSPS) is 11.9. The molecule has 2 aromatic rings. The van der Waals surface area contributed by atoms with E-state index in [0.29, 0.717) is 20.7 Å². The maximum absolute atomic E-state index is 12.9. The van der Waals surface area contributed by atoms with Crippen molar-refractivity contribution in [3.8, 4) is 0 Å². The minimum Gasteiger partial charge on any atom is -0.327 e. The zero-order valence-electron chi connectivity index (χ0n) is 15.1. The molecule has 0 aliphatic carbocycles. The summed E-state index contributed by atoms with van der Waals surface area (Å²) in [7, 11) is 0. The molecule has 0 unspecified atom stereocenters. The number of rotatable bonds is 6. The van der Waals surface area contributed by atoms with Crippen LogP contribution in [0.25, 0.3) is 0 Å². The van der Waals surface area contributed by atoms with E-state index in [1.54, 1.807) is 12.1 Å². The molecule has 0 radical (unpaired) electrons. The lowest BCUT2D eigenvalue weighted by Crippen LogP contribution is -2.43. The molecule has 1 atom stereocenters. The van der Waals surface area contributed by atoms with Gasteiger partial charge in [0.1, 0.15) is 6.54 Å². The van der Waals surface area contributed by atoms with Gasteiger partial charge in [-0.15, -0.1) is 11.3 Å². The SMILES string of the molecule is CC[C@@H](C)N(CC(=O)Nc1nc(C)c(C)s1)C(=O)c1ccc(Cl)c(Cl)c1.